The lowest BCUT2D eigenvalue weighted by atomic mass is 9.94. The van der Waals surface area contributed by atoms with Gasteiger partial charge in [0.05, 0.1) is 29.4 Å². The predicted octanol–water partition coefficient (Wildman–Crippen LogP) is 6.26. The van der Waals surface area contributed by atoms with Crippen LogP contribution in [-0.4, -0.2) is 34.4 Å². The zero-order valence-electron chi connectivity index (χ0n) is 22.7. The van der Waals surface area contributed by atoms with E-state index in [9.17, 15) is 4.79 Å². The number of nitrogens with one attached hydrogen (secondary N) is 2. The summed E-state index contributed by atoms with van der Waals surface area (Å²) < 4.78 is 20.1. The molecule has 1 aliphatic heterocycles. The van der Waals surface area contributed by atoms with Crippen LogP contribution in [0.2, 0.25) is 0 Å². The topological polar surface area (TPSA) is 99.5 Å². The average Bonchev–Trinajstić information content (AvgIpc) is 3.41. The number of benzene rings is 3. The van der Waals surface area contributed by atoms with Gasteiger partial charge in [-0.3, -0.25) is 4.79 Å². The van der Waals surface area contributed by atoms with Crippen molar-refractivity contribution in [1.82, 2.24) is 14.8 Å². The van der Waals surface area contributed by atoms with Gasteiger partial charge in [0.1, 0.15) is 24.7 Å². The zero-order chi connectivity index (χ0) is 28.2. The molecule has 0 bridgehead atoms. The predicted molar refractivity (Wildman–Crippen MR) is 157 cm³/mol. The van der Waals surface area contributed by atoms with Gasteiger partial charge in [0, 0.05) is 5.70 Å². The number of carbonyl (C=O) groups is 1. The standard InChI is InChI=1S/C30H30BrN5O4/c1-5-39-25-15-21(14-22(31)28(25)40-16-20-12-10-18(2)11-13-20)27-26(19(3)34-30-32-17-33-36(27)30)29(37)35-23-8-6-7-9-24(23)38-4/h6-15,17,27H,5,16H2,1-4H3,(H,35,37)(H,32,33,34). The Balaban J connectivity index is 1.53. The maximum absolute atomic E-state index is 13.8. The van der Waals surface area contributed by atoms with Crippen LogP contribution in [0.3, 0.4) is 0 Å². The van der Waals surface area contributed by atoms with Gasteiger partial charge in [-0.15, -0.1) is 0 Å². The van der Waals surface area contributed by atoms with Gasteiger partial charge >= 0.3 is 0 Å². The molecule has 3 aromatic carbocycles. The molecule has 0 fully saturated rings. The van der Waals surface area contributed by atoms with Gasteiger partial charge in [-0.1, -0.05) is 42.0 Å². The van der Waals surface area contributed by atoms with Crippen molar-refractivity contribution >= 4 is 33.5 Å². The van der Waals surface area contributed by atoms with Crippen LogP contribution < -0.4 is 24.8 Å². The largest absolute Gasteiger partial charge is 0.495 e. The summed E-state index contributed by atoms with van der Waals surface area (Å²) in [4.78, 5) is 18.2. The van der Waals surface area contributed by atoms with Crippen LogP contribution in [-0.2, 0) is 11.4 Å². The quantitative estimate of drug-likeness (QED) is 0.233. The highest BCUT2D eigenvalue weighted by atomic mass is 79.9. The molecule has 0 saturated heterocycles. The zero-order valence-corrected chi connectivity index (χ0v) is 24.3. The van der Waals surface area contributed by atoms with E-state index in [1.165, 1.54) is 11.9 Å². The van der Waals surface area contributed by atoms with E-state index < -0.39 is 6.04 Å². The summed E-state index contributed by atoms with van der Waals surface area (Å²) in [5.41, 5.74) is 4.71. The van der Waals surface area contributed by atoms with Crippen molar-refractivity contribution in [1.29, 1.82) is 0 Å². The van der Waals surface area contributed by atoms with E-state index >= 15 is 0 Å². The molecular formula is C30H30BrN5O4. The third kappa shape index (κ3) is 5.53. The molecule has 2 N–H and O–H groups in total. The van der Waals surface area contributed by atoms with E-state index in [0.29, 0.717) is 57.8 Å². The fourth-order valence-electron chi connectivity index (χ4n) is 4.62. The number of aryl methyl sites for hydroxylation is 1. The van der Waals surface area contributed by atoms with Crippen LogP contribution >= 0.6 is 15.9 Å². The lowest BCUT2D eigenvalue weighted by Gasteiger charge is -2.29. The van der Waals surface area contributed by atoms with Crippen molar-refractivity contribution in [2.75, 3.05) is 24.4 Å². The molecule has 2 heterocycles. The molecule has 9 nitrogen and oxygen atoms in total. The number of fused-ring (bicyclic) bond motifs is 1. The van der Waals surface area contributed by atoms with Crippen LogP contribution in [0.4, 0.5) is 11.6 Å². The van der Waals surface area contributed by atoms with Crippen LogP contribution in [0.1, 0.15) is 36.6 Å². The Morgan fingerprint density at radius 2 is 1.85 bits per heavy atom. The Morgan fingerprint density at radius 1 is 1.07 bits per heavy atom. The van der Waals surface area contributed by atoms with Gasteiger partial charge in [0.25, 0.3) is 5.91 Å². The summed E-state index contributed by atoms with van der Waals surface area (Å²) in [5.74, 6) is 1.94. The molecule has 10 heteroatoms. The van der Waals surface area contributed by atoms with E-state index in [1.807, 2.05) is 50.2 Å². The van der Waals surface area contributed by atoms with Crippen molar-refractivity contribution < 1.29 is 19.0 Å². The second-order valence-corrected chi connectivity index (χ2v) is 10.1. The number of methoxy groups -OCH3 is 1. The first-order valence-electron chi connectivity index (χ1n) is 12.9. The monoisotopic (exact) mass is 603 g/mol. The van der Waals surface area contributed by atoms with Crippen molar-refractivity contribution in [2.45, 2.75) is 33.4 Å². The molecule has 1 aromatic heterocycles. The molecule has 1 aliphatic rings. The number of nitrogens with zero attached hydrogens (tertiary/aromatic N) is 3. The minimum atomic E-state index is -0.588. The highest BCUT2D eigenvalue weighted by Gasteiger charge is 2.35. The fraction of sp³-hybridized carbons (Fsp3) is 0.233. The maximum atomic E-state index is 13.8. The highest BCUT2D eigenvalue weighted by Crippen LogP contribution is 2.43. The van der Waals surface area contributed by atoms with Gasteiger partial charge in [0.15, 0.2) is 11.5 Å². The first-order valence-corrected chi connectivity index (χ1v) is 13.6. The number of allylic oxidation sites excluding steroid dienone is 1. The summed E-state index contributed by atoms with van der Waals surface area (Å²) in [6.07, 6.45) is 1.46. The molecule has 5 rings (SSSR count). The van der Waals surface area contributed by atoms with E-state index in [4.69, 9.17) is 14.2 Å². The molecular weight excluding hydrogens is 574 g/mol. The highest BCUT2D eigenvalue weighted by molar-refractivity contribution is 9.10. The van der Waals surface area contributed by atoms with Crippen molar-refractivity contribution in [2.24, 2.45) is 0 Å². The lowest BCUT2D eigenvalue weighted by Crippen LogP contribution is -2.31. The third-order valence-electron chi connectivity index (χ3n) is 6.55. The summed E-state index contributed by atoms with van der Waals surface area (Å²) in [7, 11) is 1.57. The Labute approximate surface area is 241 Å². The smallest absolute Gasteiger partial charge is 0.255 e. The number of aromatic nitrogens is 3. The number of amides is 1. The molecule has 206 valence electrons. The first-order chi connectivity index (χ1) is 19.4. The Hall–Kier alpha value is -4.31. The number of hydrogen-bond acceptors (Lipinski definition) is 7. The summed E-state index contributed by atoms with van der Waals surface area (Å²) in [6.45, 7) is 6.63. The molecule has 40 heavy (non-hydrogen) atoms. The van der Waals surface area contributed by atoms with Crippen molar-refractivity contribution in [3.05, 3.63) is 99.4 Å². The minimum absolute atomic E-state index is 0.297. The van der Waals surface area contributed by atoms with E-state index in [0.717, 1.165) is 11.1 Å². The van der Waals surface area contributed by atoms with Gasteiger partial charge in [-0.25, -0.2) is 4.68 Å². The van der Waals surface area contributed by atoms with E-state index in [1.54, 1.807) is 23.9 Å². The second-order valence-electron chi connectivity index (χ2n) is 9.29. The SMILES string of the molecule is CCOc1cc(C2C(C(=O)Nc3ccccc3OC)=C(C)Nc3ncnn32)cc(Br)c1OCc1ccc(C)cc1. The normalized spacial score (nSPS) is 14.3. The van der Waals surface area contributed by atoms with E-state index in [-0.39, 0.29) is 5.91 Å². The van der Waals surface area contributed by atoms with Gasteiger partial charge in [-0.05, 0) is 72.1 Å². The number of rotatable bonds is 9. The number of ether oxygens (including phenoxy) is 3. The van der Waals surface area contributed by atoms with Crippen LogP contribution in [0.5, 0.6) is 17.2 Å². The molecule has 0 spiro atoms. The van der Waals surface area contributed by atoms with Crippen molar-refractivity contribution in [3.63, 3.8) is 0 Å². The molecule has 1 atom stereocenters. The minimum Gasteiger partial charge on any atom is -0.495 e. The van der Waals surface area contributed by atoms with Crippen LogP contribution in [0, 0.1) is 6.92 Å². The summed E-state index contributed by atoms with van der Waals surface area (Å²) in [6, 6.07) is 18.7. The third-order valence-corrected chi connectivity index (χ3v) is 7.13. The lowest BCUT2D eigenvalue weighted by molar-refractivity contribution is -0.113. The van der Waals surface area contributed by atoms with Crippen LogP contribution in [0.15, 0.2) is 82.7 Å². The number of anilines is 2. The maximum Gasteiger partial charge on any atom is 0.255 e. The Bertz CT molecular complexity index is 1560. The Morgan fingerprint density at radius 3 is 2.60 bits per heavy atom. The van der Waals surface area contributed by atoms with Gasteiger partial charge in [-0.2, -0.15) is 10.1 Å². The fourth-order valence-corrected chi connectivity index (χ4v) is 5.19. The second kappa shape index (κ2) is 11.8. The summed E-state index contributed by atoms with van der Waals surface area (Å²) >= 11 is 3.70. The molecule has 4 aromatic rings. The summed E-state index contributed by atoms with van der Waals surface area (Å²) in [5, 5.41) is 10.7. The van der Waals surface area contributed by atoms with E-state index in [2.05, 4.69) is 55.7 Å². The number of carbonyl (C=O) groups excluding carboxylic acids is 1. The number of hydrogen-bond donors (Lipinski definition) is 2. The molecule has 0 saturated carbocycles. The molecule has 1 amide bonds. The number of halogens is 1. The molecule has 0 aliphatic carbocycles. The first kappa shape index (κ1) is 27.3. The molecule has 0 radical (unpaired) electrons. The van der Waals surface area contributed by atoms with Gasteiger partial charge in [0.2, 0.25) is 5.95 Å². The number of para-hydroxylation sites is 2. The average molecular weight is 605 g/mol. The van der Waals surface area contributed by atoms with Crippen molar-refractivity contribution in [3.8, 4) is 17.2 Å². The van der Waals surface area contributed by atoms with Gasteiger partial charge < -0.3 is 24.8 Å². The van der Waals surface area contributed by atoms with Crippen LogP contribution in [0.25, 0.3) is 0 Å². The molecule has 1 unspecified atom stereocenters. The Kier molecular flexibility index (Phi) is 8.06.